The number of imidazole rings is 1. The van der Waals surface area contributed by atoms with Gasteiger partial charge < -0.3 is 13.9 Å². The summed E-state index contributed by atoms with van der Waals surface area (Å²) in [6, 6.07) is 3.89. The van der Waals surface area contributed by atoms with Gasteiger partial charge in [-0.25, -0.2) is 4.98 Å². The van der Waals surface area contributed by atoms with Crippen LogP contribution in [0.15, 0.2) is 29.1 Å². The van der Waals surface area contributed by atoms with E-state index in [1.807, 2.05) is 35.0 Å². The van der Waals surface area contributed by atoms with Gasteiger partial charge in [-0.05, 0) is 31.4 Å². The molecule has 1 unspecified atom stereocenters. The molecule has 6 nitrogen and oxygen atoms in total. The SMILES string of the molecule is Cn1cnc2c1C(C(=O)N1CCCCC1)CN(Cc1ccco1)C2. The third-order valence-electron chi connectivity index (χ3n) is 5.13. The number of fused-ring (bicyclic) bond motifs is 1. The maximum Gasteiger partial charge on any atom is 0.233 e. The first-order valence-electron chi connectivity index (χ1n) is 8.76. The molecule has 0 saturated carbocycles. The summed E-state index contributed by atoms with van der Waals surface area (Å²) >= 11 is 0. The van der Waals surface area contributed by atoms with Gasteiger partial charge in [-0.1, -0.05) is 0 Å². The predicted molar refractivity (Wildman–Crippen MR) is 89.2 cm³/mol. The number of hydrogen-bond acceptors (Lipinski definition) is 4. The molecule has 4 rings (SSSR count). The van der Waals surface area contributed by atoms with Crippen molar-refractivity contribution in [2.75, 3.05) is 19.6 Å². The van der Waals surface area contributed by atoms with Crippen LogP contribution >= 0.6 is 0 Å². The Morgan fingerprint density at radius 2 is 2.17 bits per heavy atom. The summed E-state index contributed by atoms with van der Waals surface area (Å²) in [5.41, 5.74) is 2.10. The van der Waals surface area contributed by atoms with Crippen LogP contribution in [0.2, 0.25) is 0 Å². The van der Waals surface area contributed by atoms with E-state index in [0.717, 1.165) is 56.2 Å². The summed E-state index contributed by atoms with van der Waals surface area (Å²) in [5, 5.41) is 0. The number of carbonyl (C=O) groups is 1. The Morgan fingerprint density at radius 1 is 1.33 bits per heavy atom. The molecular weight excluding hydrogens is 304 g/mol. The highest BCUT2D eigenvalue weighted by Crippen LogP contribution is 2.30. The summed E-state index contributed by atoms with van der Waals surface area (Å²) in [5.74, 6) is 1.05. The molecular formula is C18H24N4O2. The number of nitrogens with zero attached hydrogens (tertiary/aromatic N) is 4. The van der Waals surface area contributed by atoms with Crippen LogP contribution in [-0.4, -0.2) is 44.9 Å². The van der Waals surface area contributed by atoms with E-state index in [2.05, 4.69) is 9.88 Å². The van der Waals surface area contributed by atoms with Crippen LogP contribution in [0.25, 0.3) is 0 Å². The number of aryl methyl sites for hydroxylation is 1. The van der Waals surface area contributed by atoms with Crippen molar-refractivity contribution in [2.45, 2.75) is 38.3 Å². The molecule has 2 aromatic rings. The van der Waals surface area contributed by atoms with Crippen molar-refractivity contribution in [1.29, 1.82) is 0 Å². The van der Waals surface area contributed by atoms with Crippen molar-refractivity contribution >= 4 is 5.91 Å². The summed E-state index contributed by atoms with van der Waals surface area (Å²) in [7, 11) is 1.99. The number of hydrogen-bond donors (Lipinski definition) is 0. The van der Waals surface area contributed by atoms with E-state index in [9.17, 15) is 4.79 Å². The Balaban J connectivity index is 1.58. The van der Waals surface area contributed by atoms with Gasteiger partial charge in [-0.2, -0.15) is 0 Å². The van der Waals surface area contributed by atoms with Crippen LogP contribution in [0.5, 0.6) is 0 Å². The zero-order valence-electron chi connectivity index (χ0n) is 14.1. The quantitative estimate of drug-likeness (QED) is 0.866. The number of aromatic nitrogens is 2. The number of carbonyl (C=O) groups excluding carboxylic acids is 1. The number of amides is 1. The molecule has 0 spiro atoms. The van der Waals surface area contributed by atoms with E-state index in [1.165, 1.54) is 6.42 Å². The van der Waals surface area contributed by atoms with E-state index < -0.39 is 0 Å². The maximum absolute atomic E-state index is 13.1. The first-order chi connectivity index (χ1) is 11.7. The van der Waals surface area contributed by atoms with Crippen molar-refractivity contribution in [1.82, 2.24) is 19.4 Å². The van der Waals surface area contributed by atoms with Gasteiger partial charge in [0.25, 0.3) is 0 Å². The smallest absolute Gasteiger partial charge is 0.233 e. The van der Waals surface area contributed by atoms with Crippen molar-refractivity contribution in [3.63, 3.8) is 0 Å². The molecule has 1 saturated heterocycles. The maximum atomic E-state index is 13.1. The molecule has 0 aliphatic carbocycles. The first kappa shape index (κ1) is 15.4. The molecule has 0 N–H and O–H groups in total. The second-order valence-corrected chi connectivity index (χ2v) is 6.87. The van der Waals surface area contributed by atoms with E-state index in [0.29, 0.717) is 6.54 Å². The summed E-state index contributed by atoms with van der Waals surface area (Å²) in [6.45, 7) is 3.98. The zero-order chi connectivity index (χ0) is 16.5. The highest BCUT2D eigenvalue weighted by Gasteiger charge is 2.36. The minimum absolute atomic E-state index is 0.130. The normalized spacial score (nSPS) is 21.7. The lowest BCUT2D eigenvalue weighted by molar-refractivity contribution is -0.134. The standard InChI is InChI=1S/C18H24N4O2/c1-20-13-19-16-12-21(10-14-6-5-9-24-14)11-15(17(16)20)18(23)22-7-3-2-4-8-22/h5-6,9,13,15H,2-4,7-8,10-12H2,1H3. The largest absolute Gasteiger partial charge is 0.468 e. The van der Waals surface area contributed by atoms with Gasteiger partial charge >= 0.3 is 0 Å². The van der Waals surface area contributed by atoms with Crippen molar-refractivity contribution in [3.8, 4) is 0 Å². The highest BCUT2D eigenvalue weighted by atomic mass is 16.3. The van der Waals surface area contributed by atoms with Crippen LogP contribution in [-0.2, 0) is 24.9 Å². The minimum Gasteiger partial charge on any atom is -0.468 e. The second kappa shape index (κ2) is 6.43. The fraction of sp³-hybridized carbons (Fsp3) is 0.556. The van der Waals surface area contributed by atoms with Crippen LogP contribution in [0.4, 0.5) is 0 Å². The fourth-order valence-corrected chi connectivity index (χ4v) is 3.95. The van der Waals surface area contributed by atoms with E-state index in [-0.39, 0.29) is 11.8 Å². The average Bonchev–Trinajstić information content (AvgIpc) is 3.25. The highest BCUT2D eigenvalue weighted by molar-refractivity contribution is 5.84. The molecule has 24 heavy (non-hydrogen) atoms. The molecule has 1 fully saturated rings. The number of furan rings is 1. The van der Waals surface area contributed by atoms with Gasteiger partial charge in [-0.15, -0.1) is 0 Å². The Labute approximate surface area is 142 Å². The van der Waals surface area contributed by atoms with Crippen LogP contribution in [0.1, 0.15) is 42.3 Å². The molecule has 4 heterocycles. The number of rotatable bonds is 3. The lowest BCUT2D eigenvalue weighted by atomic mass is 9.95. The van der Waals surface area contributed by atoms with Crippen LogP contribution in [0, 0.1) is 0 Å². The van der Waals surface area contributed by atoms with Gasteiger partial charge in [-0.3, -0.25) is 9.69 Å². The zero-order valence-corrected chi connectivity index (χ0v) is 14.1. The topological polar surface area (TPSA) is 54.5 Å². The Kier molecular flexibility index (Phi) is 4.14. The lowest BCUT2D eigenvalue weighted by Crippen LogP contribution is -2.45. The molecule has 2 aromatic heterocycles. The van der Waals surface area contributed by atoms with Crippen LogP contribution < -0.4 is 0 Å². The Morgan fingerprint density at radius 3 is 2.92 bits per heavy atom. The lowest BCUT2D eigenvalue weighted by Gasteiger charge is -2.36. The number of piperidine rings is 1. The molecule has 6 heteroatoms. The minimum atomic E-state index is -0.130. The fourth-order valence-electron chi connectivity index (χ4n) is 3.95. The monoisotopic (exact) mass is 328 g/mol. The molecule has 0 radical (unpaired) electrons. The molecule has 2 aliphatic rings. The van der Waals surface area contributed by atoms with Crippen molar-refractivity contribution in [2.24, 2.45) is 7.05 Å². The third-order valence-corrected chi connectivity index (χ3v) is 5.13. The van der Waals surface area contributed by atoms with Gasteiger partial charge in [0.15, 0.2) is 0 Å². The van der Waals surface area contributed by atoms with Crippen LogP contribution in [0.3, 0.4) is 0 Å². The molecule has 2 aliphatic heterocycles. The summed E-state index contributed by atoms with van der Waals surface area (Å²) in [4.78, 5) is 22.0. The molecule has 128 valence electrons. The van der Waals surface area contributed by atoms with E-state index >= 15 is 0 Å². The average molecular weight is 328 g/mol. The van der Waals surface area contributed by atoms with Crippen molar-refractivity contribution < 1.29 is 9.21 Å². The van der Waals surface area contributed by atoms with Gasteiger partial charge in [0.1, 0.15) is 5.76 Å². The van der Waals surface area contributed by atoms with Gasteiger partial charge in [0.2, 0.25) is 5.91 Å². The van der Waals surface area contributed by atoms with Crippen molar-refractivity contribution in [3.05, 3.63) is 41.9 Å². The van der Waals surface area contributed by atoms with Gasteiger partial charge in [0.05, 0.1) is 36.4 Å². The third kappa shape index (κ3) is 2.86. The Bertz CT molecular complexity index is 701. The van der Waals surface area contributed by atoms with E-state index in [1.54, 1.807) is 6.26 Å². The molecule has 1 amide bonds. The molecule has 1 atom stereocenters. The summed E-state index contributed by atoms with van der Waals surface area (Å²) < 4.78 is 7.50. The predicted octanol–water partition coefficient (Wildman–Crippen LogP) is 2.12. The summed E-state index contributed by atoms with van der Waals surface area (Å²) in [6.07, 6.45) is 7.00. The molecule has 0 bridgehead atoms. The second-order valence-electron chi connectivity index (χ2n) is 6.87. The van der Waals surface area contributed by atoms with Gasteiger partial charge in [0, 0.05) is 33.2 Å². The Hall–Kier alpha value is -2.08. The number of likely N-dealkylation sites (tertiary alicyclic amines) is 1. The van der Waals surface area contributed by atoms with E-state index in [4.69, 9.17) is 4.42 Å². The molecule has 0 aromatic carbocycles. The first-order valence-corrected chi connectivity index (χ1v) is 8.76.